The third-order valence-electron chi connectivity index (χ3n) is 3.59. The van der Waals surface area contributed by atoms with Gasteiger partial charge in [-0.15, -0.1) is 0 Å². The number of aliphatic hydroxyl groups excluding tert-OH is 1. The minimum atomic E-state index is -4.23. The minimum Gasteiger partial charge on any atom is -0.480 e. The molecule has 1 aliphatic rings. The zero-order valence-electron chi connectivity index (χ0n) is 10.8. The molecule has 5 nitrogen and oxygen atoms in total. The second kappa shape index (κ2) is 6.92. The van der Waals surface area contributed by atoms with E-state index in [9.17, 15) is 22.8 Å². The van der Waals surface area contributed by atoms with Gasteiger partial charge in [-0.1, -0.05) is 0 Å². The van der Waals surface area contributed by atoms with Crippen molar-refractivity contribution in [1.29, 1.82) is 0 Å². The molecule has 0 saturated heterocycles. The average Bonchev–Trinajstić information content (AvgIpc) is 2.37. The summed E-state index contributed by atoms with van der Waals surface area (Å²) in [5.41, 5.74) is 0. The fourth-order valence-corrected chi connectivity index (χ4v) is 2.36. The van der Waals surface area contributed by atoms with E-state index in [4.69, 9.17) is 10.2 Å². The molecule has 0 heterocycles. The van der Waals surface area contributed by atoms with E-state index >= 15 is 0 Å². The number of amides is 1. The topological polar surface area (TPSA) is 86.6 Å². The van der Waals surface area contributed by atoms with Crippen LogP contribution in [0.1, 0.15) is 32.1 Å². The Morgan fingerprint density at radius 1 is 1.20 bits per heavy atom. The molecule has 1 aliphatic carbocycles. The van der Waals surface area contributed by atoms with Crippen LogP contribution in [0.4, 0.5) is 13.2 Å². The third-order valence-corrected chi connectivity index (χ3v) is 3.59. The number of rotatable bonds is 5. The third kappa shape index (κ3) is 4.66. The molecule has 1 saturated carbocycles. The molecule has 0 aromatic rings. The highest BCUT2D eigenvalue weighted by atomic mass is 19.4. The lowest BCUT2D eigenvalue weighted by atomic mass is 9.81. The Labute approximate surface area is 114 Å². The van der Waals surface area contributed by atoms with Crippen LogP contribution < -0.4 is 5.32 Å². The molecule has 0 radical (unpaired) electrons. The molecule has 1 rings (SSSR count). The van der Waals surface area contributed by atoms with Gasteiger partial charge in [0.1, 0.15) is 6.04 Å². The van der Waals surface area contributed by atoms with Gasteiger partial charge in [0.15, 0.2) is 0 Å². The number of nitrogens with one attached hydrogen (secondary N) is 1. The molecule has 20 heavy (non-hydrogen) atoms. The van der Waals surface area contributed by atoms with Crippen molar-refractivity contribution >= 4 is 11.9 Å². The first-order valence-corrected chi connectivity index (χ1v) is 6.46. The molecule has 1 fully saturated rings. The maximum Gasteiger partial charge on any atom is 0.391 e. The Hall–Kier alpha value is -1.31. The molecule has 1 atom stereocenters. The Morgan fingerprint density at radius 2 is 1.75 bits per heavy atom. The van der Waals surface area contributed by atoms with E-state index in [1.807, 2.05) is 0 Å². The lowest BCUT2D eigenvalue weighted by Crippen LogP contribution is -2.45. The van der Waals surface area contributed by atoms with Gasteiger partial charge in [-0.3, -0.25) is 4.79 Å². The first kappa shape index (κ1) is 16.7. The normalized spacial score (nSPS) is 25.0. The number of aliphatic hydroxyl groups is 1. The van der Waals surface area contributed by atoms with Crippen LogP contribution in [0.3, 0.4) is 0 Å². The number of alkyl halides is 3. The predicted octanol–water partition coefficient (Wildman–Crippen LogP) is 1.31. The number of carbonyl (C=O) groups is 2. The number of hydrogen-bond acceptors (Lipinski definition) is 3. The summed E-state index contributed by atoms with van der Waals surface area (Å²) in [5, 5.41) is 19.8. The lowest BCUT2D eigenvalue weighted by Gasteiger charge is -2.29. The molecule has 0 bridgehead atoms. The lowest BCUT2D eigenvalue weighted by molar-refractivity contribution is -0.184. The van der Waals surface area contributed by atoms with Crippen LogP contribution >= 0.6 is 0 Å². The van der Waals surface area contributed by atoms with Gasteiger partial charge in [0.05, 0.1) is 5.92 Å². The minimum absolute atomic E-state index is 0.0987. The van der Waals surface area contributed by atoms with Crippen LogP contribution in [0.5, 0.6) is 0 Å². The molecular weight excluding hydrogens is 279 g/mol. The molecule has 8 heteroatoms. The van der Waals surface area contributed by atoms with E-state index in [-0.39, 0.29) is 32.1 Å². The van der Waals surface area contributed by atoms with Gasteiger partial charge in [0.25, 0.3) is 0 Å². The zero-order valence-corrected chi connectivity index (χ0v) is 10.8. The summed E-state index contributed by atoms with van der Waals surface area (Å²) in [7, 11) is 0. The molecule has 1 amide bonds. The summed E-state index contributed by atoms with van der Waals surface area (Å²) in [6.07, 6.45) is -4.39. The fourth-order valence-electron chi connectivity index (χ4n) is 2.36. The molecule has 0 spiro atoms. The molecule has 0 aliphatic heterocycles. The smallest absolute Gasteiger partial charge is 0.391 e. The predicted molar refractivity (Wildman–Crippen MR) is 62.8 cm³/mol. The van der Waals surface area contributed by atoms with Crippen LogP contribution in [0.2, 0.25) is 0 Å². The highest BCUT2D eigenvalue weighted by Gasteiger charge is 2.42. The van der Waals surface area contributed by atoms with Crippen LogP contribution in [0.25, 0.3) is 0 Å². The van der Waals surface area contributed by atoms with E-state index in [1.54, 1.807) is 0 Å². The fraction of sp³-hybridized carbons (Fsp3) is 0.833. The first-order chi connectivity index (χ1) is 9.25. The zero-order chi connectivity index (χ0) is 15.3. The van der Waals surface area contributed by atoms with E-state index in [0.717, 1.165) is 0 Å². The maximum atomic E-state index is 12.5. The number of halogens is 3. The number of carbonyl (C=O) groups excluding carboxylic acids is 1. The Balaban J connectivity index is 2.48. The SMILES string of the molecule is O=C(N[C@@H](CCO)C(=O)O)C1CCC(C(F)(F)F)CC1. The van der Waals surface area contributed by atoms with Crippen molar-refractivity contribution in [1.82, 2.24) is 5.32 Å². The standard InChI is InChI=1S/C12H18F3NO4/c13-12(14,15)8-3-1-7(2-4-8)10(18)16-9(5-6-17)11(19)20/h7-9,17H,1-6H2,(H,16,18)(H,19,20)/t7?,8?,9-/m0/s1. The Morgan fingerprint density at radius 3 is 2.15 bits per heavy atom. The van der Waals surface area contributed by atoms with Gasteiger partial charge in [0.2, 0.25) is 5.91 Å². The maximum absolute atomic E-state index is 12.5. The second-order valence-electron chi connectivity index (χ2n) is 5.00. The summed E-state index contributed by atoms with van der Waals surface area (Å²) in [5.74, 6) is -3.78. The van der Waals surface area contributed by atoms with Crippen LogP contribution in [-0.2, 0) is 9.59 Å². The van der Waals surface area contributed by atoms with Crippen LogP contribution in [-0.4, -0.2) is 40.9 Å². The van der Waals surface area contributed by atoms with Crippen molar-refractivity contribution in [3.63, 3.8) is 0 Å². The van der Waals surface area contributed by atoms with Gasteiger partial charge in [-0.25, -0.2) is 4.79 Å². The number of carboxylic acid groups (broad SMARTS) is 1. The van der Waals surface area contributed by atoms with Gasteiger partial charge in [-0.05, 0) is 25.7 Å². The van der Waals surface area contributed by atoms with Crippen molar-refractivity contribution < 1.29 is 33.0 Å². The van der Waals surface area contributed by atoms with Crippen molar-refractivity contribution in [3.05, 3.63) is 0 Å². The van der Waals surface area contributed by atoms with Gasteiger partial charge in [0, 0.05) is 18.9 Å². The molecule has 3 N–H and O–H groups in total. The van der Waals surface area contributed by atoms with Crippen molar-refractivity contribution in [2.45, 2.75) is 44.3 Å². The number of aliphatic carboxylic acids is 1. The summed E-state index contributed by atoms with van der Waals surface area (Å²) < 4.78 is 37.4. The summed E-state index contributed by atoms with van der Waals surface area (Å²) >= 11 is 0. The summed E-state index contributed by atoms with van der Waals surface area (Å²) in [6.45, 7) is -0.391. The molecule has 0 aromatic heterocycles. The highest BCUT2D eigenvalue weighted by molar-refractivity contribution is 5.85. The van der Waals surface area contributed by atoms with E-state index < -0.39 is 42.5 Å². The number of carboxylic acids is 1. The largest absolute Gasteiger partial charge is 0.480 e. The summed E-state index contributed by atoms with van der Waals surface area (Å²) in [6, 6.07) is -1.20. The highest BCUT2D eigenvalue weighted by Crippen LogP contribution is 2.39. The van der Waals surface area contributed by atoms with E-state index in [1.165, 1.54) is 0 Å². The van der Waals surface area contributed by atoms with Crippen molar-refractivity contribution in [3.8, 4) is 0 Å². The first-order valence-electron chi connectivity index (χ1n) is 6.46. The Kier molecular flexibility index (Phi) is 5.79. The van der Waals surface area contributed by atoms with Crippen molar-refractivity contribution in [2.24, 2.45) is 11.8 Å². The molecule has 0 unspecified atom stereocenters. The second-order valence-corrected chi connectivity index (χ2v) is 5.00. The van der Waals surface area contributed by atoms with E-state index in [2.05, 4.69) is 5.32 Å². The monoisotopic (exact) mass is 297 g/mol. The quantitative estimate of drug-likeness (QED) is 0.714. The number of hydrogen-bond donors (Lipinski definition) is 3. The average molecular weight is 297 g/mol. The Bertz CT molecular complexity index is 351. The molecular formula is C12H18F3NO4. The van der Waals surface area contributed by atoms with Gasteiger partial charge < -0.3 is 15.5 Å². The van der Waals surface area contributed by atoms with Crippen LogP contribution in [0, 0.1) is 11.8 Å². The van der Waals surface area contributed by atoms with Crippen molar-refractivity contribution in [2.75, 3.05) is 6.61 Å². The summed E-state index contributed by atoms with van der Waals surface area (Å²) in [4.78, 5) is 22.6. The van der Waals surface area contributed by atoms with E-state index in [0.29, 0.717) is 0 Å². The van der Waals surface area contributed by atoms with Gasteiger partial charge >= 0.3 is 12.1 Å². The molecule has 116 valence electrons. The van der Waals surface area contributed by atoms with Crippen LogP contribution in [0.15, 0.2) is 0 Å². The van der Waals surface area contributed by atoms with Gasteiger partial charge in [-0.2, -0.15) is 13.2 Å². The molecule has 0 aromatic carbocycles.